The molecule has 0 aliphatic rings. The second-order valence-corrected chi connectivity index (χ2v) is 5.72. The van der Waals surface area contributed by atoms with Crippen molar-refractivity contribution in [3.8, 4) is 10.6 Å². The van der Waals surface area contributed by atoms with E-state index in [9.17, 15) is 14.4 Å². The molecule has 110 valence electrons. The monoisotopic (exact) mass is 325 g/mol. The number of carboxylic acid groups (broad SMARTS) is 1. The first-order valence-electron chi connectivity index (χ1n) is 5.77. The third-order valence-electron chi connectivity index (χ3n) is 2.51. The van der Waals surface area contributed by atoms with E-state index in [1.165, 1.54) is 28.1 Å². The van der Waals surface area contributed by atoms with E-state index in [0.717, 1.165) is 5.56 Å². The van der Waals surface area contributed by atoms with Crippen molar-refractivity contribution in [3.63, 3.8) is 0 Å². The van der Waals surface area contributed by atoms with Crippen LogP contribution in [0.5, 0.6) is 0 Å². The highest BCUT2D eigenvalue weighted by atomic mass is 32.1. The van der Waals surface area contributed by atoms with Crippen LogP contribution in [0.3, 0.4) is 0 Å². The average Bonchev–Trinajstić information content (AvgIpc) is 3.08. The highest BCUT2D eigenvalue weighted by molar-refractivity contribution is 7.14. The number of thiazole rings is 1. The first-order valence-corrected chi connectivity index (χ1v) is 7.59. The summed E-state index contributed by atoms with van der Waals surface area (Å²) in [4.78, 5) is 37.8. The standard InChI is InChI=1S/C12H11N3O4S2/c13-9(16)3-7(12(18)19)14-10(17)8-5-21-11(15-8)6-1-2-20-4-6/h1-2,4-5,7H,3H2,(H2,13,16)(H,14,17)(H,18,19). The lowest BCUT2D eigenvalue weighted by Gasteiger charge is -2.11. The van der Waals surface area contributed by atoms with Gasteiger partial charge in [0.15, 0.2) is 0 Å². The Balaban J connectivity index is 2.09. The van der Waals surface area contributed by atoms with Gasteiger partial charge in [-0.1, -0.05) is 0 Å². The fourth-order valence-electron chi connectivity index (χ4n) is 1.53. The molecule has 0 aromatic carbocycles. The van der Waals surface area contributed by atoms with Gasteiger partial charge in [-0.2, -0.15) is 11.3 Å². The topological polar surface area (TPSA) is 122 Å². The van der Waals surface area contributed by atoms with E-state index in [1.807, 2.05) is 16.8 Å². The molecule has 7 nitrogen and oxygen atoms in total. The van der Waals surface area contributed by atoms with Gasteiger partial charge in [0.2, 0.25) is 5.91 Å². The number of rotatable bonds is 6. The molecular weight excluding hydrogens is 314 g/mol. The van der Waals surface area contributed by atoms with Crippen LogP contribution in [0, 0.1) is 0 Å². The van der Waals surface area contributed by atoms with Gasteiger partial charge >= 0.3 is 5.97 Å². The Bertz CT molecular complexity index is 666. The number of nitrogens with zero attached hydrogens (tertiary/aromatic N) is 1. The smallest absolute Gasteiger partial charge is 0.326 e. The van der Waals surface area contributed by atoms with Crippen molar-refractivity contribution in [2.75, 3.05) is 0 Å². The Hall–Kier alpha value is -2.26. The van der Waals surface area contributed by atoms with Crippen molar-refractivity contribution in [1.82, 2.24) is 10.3 Å². The predicted octanol–water partition coefficient (Wildman–Crippen LogP) is 0.930. The summed E-state index contributed by atoms with van der Waals surface area (Å²) in [6.45, 7) is 0. The summed E-state index contributed by atoms with van der Waals surface area (Å²) in [6, 6.07) is 0.513. The molecule has 0 aliphatic heterocycles. The number of carbonyl (C=O) groups is 3. The molecule has 0 saturated heterocycles. The summed E-state index contributed by atoms with van der Waals surface area (Å²) in [5.74, 6) is -2.78. The van der Waals surface area contributed by atoms with Gasteiger partial charge in [0.25, 0.3) is 5.91 Å². The molecule has 2 rings (SSSR count). The van der Waals surface area contributed by atoms with Crippen LogP contribution >= 0.6 is 22.7 Å². The number of carbonyl (C=O) groups excluding carboxylic acids is 2. The van der Waals surface area contributed by atoms with Crippen LogP contribution in [0.15, 0.2) is 22.2 Å². The van der Waals surface area contributed by atoms with Crippen molar-refractivity contribution in [3.05, 3.63) is 27.9 Å². The number of carboxylic acids is 1. The molecule has 0 bridgehead atoms. The minimum absolute atomic E-state index is 0.108. The largest absolute Gasteiger partial charge is 0.480 e. The zero-order chi connectivity index (χ0) is 15.4. The quantitative estimate of drug-likeness (QED) is 0.729. The van der Waals surface area contributed by atoms with Gasteiger partial charge in [0.05, 0.1) is 6.42 Å². The Kier molecular flexibility index (Phi) is 4.66. The summed E-state index contributed by atoms with van der Waals surface area (Å²) < 4.78 is 0. The highest BCUT2D eigenvalue weighted by Crippen LogP contribution is 2.25. The molecule has 21 heavy (non-hydrogen) atoms. The van der Waals surface area contributed by atoms with Crippen LogP contribution in [0.1, 0.15) is 16.9 Å². The molecule has 4 N–H and O–H groups in total. The molecule has 2 aromatic heterocycles. The molecule has 0 spiro atoms. The molecule has 1 atom stereocenters. The van der Waals surface area contributed by atoms with Crippen LogP contribution in [0.25, 0.3) is 10.6 Å². The Morgan fingerprint density at radius 2 is 2.14 bits per heavy atom. The van der Waals surface area contributed by atoms with E-state index in [0.29, 0.717) is 5.01 Å². The maximum absolute atomic E-state index is 11.9. The minimum atomic E-state index is -1.36. The van der Waals surface area contributed by atoms with Crippen molar-refractivity contribution in [2.24, 2.45) is 5.73 Å². The lowest BCUT2D eigenvalue weighted by Crippen LogP contribution is -2.43. The normalized spacial score (nSPS) is 11.8. The number of hydrogen-bond donors (Lipinski definition) is 3. The van der Waals surface area contributed by atoms with Gasteiger partial charge in [-0.3, -0.25) is 9.59 Å². The van der Waals surface area contributed by atoms with Crippen molar-refractivity contribution in [2.45, 2.75) is 12.5 Å². The molecule has 0 radical (unpaired) electrons. The fraction of sp³-hybridized carbons (Fsp3) is 0.167. The molecule has 2 heterocycles. The van der Waals surface area contributed by atoms with Crippen molar-refractivity contribution >= 4 is 40.5 Å². The van der Waals surface area contributed by atoms with Crippen LogP contribution in [0.4, 0.5) is 0 Å². The fourth-order valence-corrected chi connectivity index (χ4v) is 3.04. The number of primary amides is 1. The first-order chi connectivity index (χ1) is 9.97. The molecule has 2 aromatic rings. The number of nitrogens with two attached hydrogens (primary N) is 1. The number of aromatic nitrogens is 1. The zero-order valence-electron chi connectivity index (χ0n) is 10.6. The molecule has 0 saturated carbocycles. The van der Waals surface area contributed by atoms with Crippen molar-refractivity contribution in [1.29, 1.82) is 0 Å². The highest BCUT2D eigenvalue weighted by Gasteiger charge is 2.24. The second-order valence-electron chi connectivity index (χ2n) is 4.08. The van der Waals surface area contributed by atoms with Gasteiger partial charge in [-0.05, 0) is 11.4 Å². The van der Waals surface area contributed by atoms with Gasteiger partial charge < -0.3 is 16.2 Å². The Morgan fingerprint density at radius 3 is 2.71 bits per heavy atom. The average molecular weight is 325 g/mol. The number of thiophene rings is 1. The van der Waals surface area contributed by atoms with E-state index in [4.69, 9.17) is 10.8 Å². The van der Waals surface area contributed by atoms with Crippen LogP contribution in [0.2, 0.25) is 0 Å². The maximum atomic E-state index is 11.9. The van der Waals surface area contributed by atoms with Crippen LogP contribution in [-0.4, -0.2) is 33.9 Å². The van der Waals surface area contributed by atoms with Crippen LogP contribution in [-0.2, 0) is 9.59 Å². The van der Waals surface area contributed by atoms with E-state index < -0.39 is 30.2 Å². The lowest BCUT2D eigenvalue weighted by molar-refractivity contribution is -0.140. The van der Waals surface area contributed by atoms with Gasteiger partial charge in [0.1, 0.15) is 16.7 Å². The third-order valence-corrected chi connectivity index (χ3v) is 4.09. The van der Waals surface area contributed by atoms with Gasteiger partial charge in [0, 0.05) is 16.3 Å². The molecule has 2 amide bonds. The maximum Gasteiger partial charge on any atom is 0.326 e. The number of amides is 2. The molecule has 9 heteroatoms. The lowest BCUT2D eigenvalue weighted by atomic mass is 10.2. The molecule has 0 aliphatic carbocycles. The summed E-state index contributed by atoms with van der Waals surface area (Å²) in [6.07, 6.45) is -0.470. The van der Waals surface area contributed by atoms with Crippen LogP contribution < -0.4 is 11.1 Å². The van der Waals surface area contributed by atoms with Gasteiger partial charge in [-0.25, -0.2) is 9.78 Å². The Morgan fingerprint density at radius 1 is 1.38 bits per heavy atom. The predicted molar refractivity (Wildman–Crippen MR) is 78.1 cm³/mol. The van der Waals surface area contributed by atoms with E-state index in [2.05, 4.69) is 10.3 Å². The summed E-state index contributed by atoms with van der Waals surface area (Å²) in [5, 5.41) is 17.2. The number of hydrogen-bond acceptors (Lipinski definition) is 6. The minimum Gasteiger partial charge on any atom is -0.480 e. The number of aliphatic carboxylic acids is 1. The summed E-state index contributed by atoms with van der Waals surface area (Å²) in [5.41, 5.74) is 5.96. The SMILES string of the molecule is NC(=O)CC(NC(=O)c1csc(-c2ccsc2)n1)C(=O)O. The van der Waals surface area contributed by atoms with E-state index >= 15 is 0 Å². The first kappa shape index (κ1) is 15.1. The van der Waals surface area contributed by atoms with Gasteiger partial charge in [-0.15, -0.1) is 11.3 Å². The zero-order valence-corrected chi connectivity index (χ0v) is 12.2. The molecular formula is C12H11N3O4S2. The third kappa shape index (κ3) is 3.86. The van der Waals surface area contributed by atoms with E-state index in [1.54, 1.807) is 0 Å². The molecule has 0 fully saturated rings. The molecule has 1 unspecified atom stereocenters. The second kappa shape index (κ2) is 6.46. The summed E-state index contributed by atoms with van der Waals surface area (Å²) >= 11 is 2.79. The Labute approximate surface area is 127 Å². The van der Waals surface area contributed by atoms with E-state index in [-0.39, 0.29) is 5.69 Å². The number of nitrogens with one attached hydrogen (secondary N) is 1. The summed E-state index contributed by atoms with van der Waals surface area (Å²) in [7, 11) is 0. The van der Waals surface area contributed by atoms with Crippen molar-refractivity contribution < 1.29 is 19.5 Å².